The number of alkyl halides is 1. The lowest BCUT2D eigenvalue weighted by molar-refractivity contribution is -0.146. The van der Waals surface area contributed by atoms with E-state index >= 15 is 4.39 Å². The van der Waals surface area contributed by atoms with Gasteiger partial charge in [0, 0.05) is 24.7 Å². The van der Waals surface area contributed by atoms with Gasteiger partial charge in [-0.15, -0.1) is 0 Å². The van der Waals surface area contributed by atoms with E-state index in [1.165, 1.54) is 25.7 Å². The Morgan fingerprint density at radius 2 is 2.10 bits per heavy atom. The molecule has 0 unspecified atom stereocenters. The molecule has 31 heavy (non-hydrogen) atoms. The summed E-state index contributed by atoms with van der Waals surface area (Å²) in [6, 6.07) is 7.21. The van der Waals surface area contributed by atoms with Crippen LogP contribution in [0.3, 0.4) is 0 Å². The van der Waals surface area contributed by atoms with Crippen LogP contribution < -0.4 is 4.74 Å². The van der Waals surface area contributed by atoms with Crippen LogP contribution in [0.25, 0.3) is 10.9 Å². The molecule has 1 N–H and O–H groups in total. The van der Waals surface area contributed by atoms with Crippen LogP contribution in [-0.4, -0.2) is 47.7 Å². The molecule has 2 fully saturated rings. The Morgan fingerprint density at radius 1 is 1.29 bits per heavy atom. The van der Waals surface area contributed by atoms with Gasteiger partial charge in [0.05, 0.1) is 18.5 Å². The molecule has 1 aromatic carbocycles. The summed E-state index contributed by atoms with van der Waals surface area (Å²) in [6.45, 7) is 2.55. The van der Waals surface area contributed by atoms with Crippen molar-refractivity contribution in [2.75, 3.05) is 26.7 Å². The molecule has 1 saturated heterocycles. The minimum absolute atomic E-state index is 0.0261. The first-order valence-electron chi connectivity index (χ1n) is 11.6. The van der Waals surface area contributed by atoms with Gasteiger partial charge in [0.15, 0.2) is 0 Å². The minimum Gasteiger partial charge on any atom is -0.497 e. The second-order valence-electron chi connectivity index (χ2n) is 9.23. The third-order valence-electron chi connectivity index (χ3n) is 7.26. The molecule has 0 amide bonds. The number of carbonyl (C=O) groups is 1. The first-order valence-corrected chi connectivity index (χ1v) is 11.6. The van der Waals surface area contributed by atoms with Crippen molar-refractivity contribution in [2.24, 2.45) is 17.8 Å². The molecule has 2 aliphatic rings. The van der Waals surface area contributed by atoms with E-state index in [4.69, 9.17) is 4.74 Å². The Bertz CT molecular complexity index is 899. The van der Waals surface area contributed by atoms with Crippen LogP contribution in [0.4, 0.5) is 4.39 Å². The van der Waals surface area contributed by atoms with Crippen LogP contribution in [0.1, 0.15) is 56.7 Å². The SMILES string of the molecule is COc1ccc2nccc([C@@H](F)CC[C@@H]3CCN(CC4CCCC4)C[C@@H]3C(=O)O)c2c1. The molecule has 4 rings (SSSR count). The van der Waals surface area contributed by atoms with Gasteiger partial charge in [-0.1, -0.05) is 12.8 Å². The molecular weight excluding hydrogens is 395 g/mol. The second-order valence-corrected chi connectivity index (χ2v) is 9.23. The van der Waals surface area contributed by atoms with Gasteiger partial charge in [0.25, 0.3) is 0 Å². The first kappa shape index (κ1) is 22.0. The Labute approximate surface area is 183 Å². The van der Waals surface area contributed by atoms with Gasteiger partial charge in [-0.3, -0.25) is 9.78 Å². The van der Waals surface area contributed by atoms with Gasteiger partial charge in [-0.05, 0) is 80.3 Å². The van der Waals surface area contributed by atoms with Gasteiger partial charge in [-0.2, -0.15) is 0 Å². The number of aliphatic carboxylic acids is 1. The predicted molar refractivity (Wildman–Crippen MR) is 119 cm³/mol. The van der Waals surface area contributed by atoms with E-state index in [1.54, 1.807) is 19.4 Å². The molecule has 1 aliphatic carbocycles. The van der Waals surface area contributed by atoms with Crippen molar-refractivity contribution < 1.29 is 19.0 Å². The van der Waals surface area contributed by atoms with E-state index in [0.717, 1.165) is 36.3 Å². The molecule has 0 bridgehead atoms. The summed E-state index contributed by atoms with van der Waals surface area (Å²) >= 11 is 0. The van der Waals surface area contributed by atoms with Crippen molar-refractivity contribution in [3.63, 3.8) is 0 Å². The number of carboxylic acid groups (broad SMARTS) is 1. The molecule has 1 aliphatic heterocycles. The largest absolute Gasteiger partial charge is 0.497 e. The highest BCUT2D eigenvalue weighted by Crippen LogP contribution is 2.36. The molecule has 0 radical (unpaired) electrons. The zero-order valence-electron chi connectivity index (χ0n) is 18.3. The number of aromatic nitrogens is 1. The van der Waals surface area contributed by atoms with Crippen LogP contribution in [0.15, 0.2) is 30.5 Å². The van der Waals surface area contributed by atoms with Crippen molar-refractivity contribution in [1.29, 1.82) is 0 Å². The number of pyridine rings is 1. The summed E-state index contributed by atoms with van der Waals surface area (Å²) in [7, 11) is 1.59. The number of likely N-dealkylation sites (tertiary alicyclic amines) is 1. The van der Waals surface area contributed by atoms with Gasteiger partial charge < -0.3 is 14.7 Å². The molecule has 6 heteroatoms. The smallest absolute Gasteiger partial charge is 0.308 e. The minimum atomic E-state index is -1.15. The lowest BCUT2D eigenvalue weighted by Gasteiger charge is -2.38. The molecule has 2 aromatic rings. The van der Waals surface area contributed by atoms with Crippen LogP contribution in [0.2, 0.25) is 0 Å². The molecule has 0 spiro atoms. The van der Waals surface area contributed by atoms with Crippen molar-refractivity contribution in [2.45, 2.75) is 51.1 Å². The molecule has 168 valence electrons. The van der Waals surface area contributed by atoms with Gasteiger partial charge in [0.1, 0.15) is 11.9 Å². The number of ether oxygens (including phenoxy) is 1. The summed E-state index contributed by atoms with van der Waals surface area (Å²) in [6.07, 6.45) is 7.38. The Hall–Kier alpha value is -2.21. The molecular formula is C25H33FN2O3. The lowest BCUT2D eigenvalue weighted by atomic mass is 9.81. The van der Waals surface area contributed by atoms with Crippen LogP contribution in [0, 0.1) is 17.8 Å². The zero-order valence-corrected chi connectivity index (χ0v) is 18.3. The summed E-state index contributed by atoms with van der Waals surface area (Å²) in [5, 5.41) is 10.6. The normalized spacial score (nSPS) is 23.8. The number of fused-ring (bicyclic) bond motifs is 1. The van der Waals surface area contributed by atoms with E-state index in [1.807, 2.05) is 18.2 Å². The summed E-state index contributed by atoms with van der Waals surface area (Å²) in [5.74, 6) is 0.276. The Morgan fingerprint density at radius 3 is 2.84 bits per heavy atom. The molecule has 2 heterocycles. The van der Waals surface area contributed by atoms with E-state index in [2.05, 4.69) is 9.88 Å². The lowest BCUT2D eigenvalue weighted by Crippen LogP contribution is -2.45. The van der Waals surface area contributed by atoms with Gasteiger partial charge in [-0.25, -0.2) is 4.39 Å². The fraction of sp³-hybridized carbons (Fsp3) is 0.600. The summed E-state index contributed by atoms with van der Waals surface area (Å²) < 4.78 is 20.6. The van der Waals surface area contributed by atoms with E-state index in [-0.39, 0.29) is 5.92 Å². The zero-order chi connectivity index (χ0) is 21.8. The van der Waals surface area contributed by atoms with Crippen molar-refractivity contribution in [3.8, 4) is 5.75 Å². The summed E-state index contributed by atoms with van der Waals surface area (Å²) in [5.41, 5.74) is 1.35. The van der Waals surface area contributed by atoms with E-state index < -0.39 is 18.1 Å². The molecule has 3 atom stereocenters. The average molecular weight is 429 g/mol. The average Bonchev–Trinajstić information content (AvgIpc) is 3.30. The molecule has 5 nitrogen and oxygen atoms in total. The van der Waals surface area contributed by atoms with Crippen molar-refractivity contribution in [1.82, 2.24) is 9.88 Å². The number of hydrogen-bond donors (Lipinski definition) is 1. The standard InChI is InChI=1S/C25H33FN2O3/c1-31-19-7-9-24-21(14-19)20(10-12-27-24)23(26)8-6-18-11-13-28(16-22(18)25(29)30)15-17-4-2-3-5-17/h7,9-10,12,14,17-18,22-23H,2-6,8,11,13,15-16H2,1H3,(H,29,30)/t18-,22+,23+/m1/s1. The number of carboxylic acids is 1. The summed E-state index contributed by atoms with van der Waals surface area (Å²) in [4.78, 5) is 18.6. The van der Waals surface area contributed by atoms with Crippen LogP contribution >= 0.6 is 0 Å². The highest BCUT2D eigenvalue weighted by atomic mass is 19.1. The maximum Gasteiger partial charge on any atom is 0.308 e. The Kier molecular flexibility index (Phi) is 7.06. The van der Waals surface area contributed by atoms with Gasteiger partial charge >= 0.3 is 5.97 Å². The third kappa shape index (κ3) is 5.17. The fourth-order valence-corrected chi connectivity index (χ4v) is 5.48. The van der Waals surface area contributed by atoms with Crippen molar-refractivity contribution in [3.05, 3.63) is 36.0 Å². The highest BCUT2D eigenvalue weighted by molar-refractivity contribution is 5.83. The molecule has 1 saturated carbocycles. The number of halogens is 1. The van der Waals surface area contributed by atoms with E-state index in [9.17, 15) is 9.90 Å². The number of benzene rings is 1. The topological polar surface area (TPSA) is 62.7 Å². The monoisotopic (exact) mass is 428 g/mol. The Balaban J connectivity index is 1.40. The number of methoxy groups -OCH3 is 1. The molecule has 1 aromatic heterocycles. The van der Waals surface area contributed by atoms with Gasteiger partial charge in [0.2, 0.25) is 0 Å². The number of nitrogens with zero attached hydrogens (tertiary/aromatic N) is 2. The first-order chi connectivity index (χ1) is 15.0. The fourth-order valence-electron chi connectivity index (χ4n) is 5.48. The highest BCUT2D eigenvalue weighted by Gasteiger charge is 2.35. The number of piperidine rings is 1. The second kappa shape index (κ2) is 9.94. The predicted octanol–water partition coefficient (Wildman–Crippen LogP) is 5.25. The van der Waals surface area contributed by atoms with Crippen molar-refractivity contribution >= 4 is 16.9 Å². The van der Waals surface area contributed by atoms with Crippen LogP contribution in [0.5, 0.6) is 5.75 Å². The van der Waals surface area contributed by atoms with E-state index in [0.29, 0.717) is 30.7 Å². The quantitative estimate of drug-likeness (QED) is 0.622. The maximum atomic E-state index is 15.3. The third-order valence-corrected chi connectivity index (χ3v) is 7.26. The number of hydrogen-bond acceptors (Lipinski definition) is 4. The number of rotatable bonds is 8. The van der Waals surface area contributed by atoms with Crippen LogP contribution in [-0.2, 0) is 4.79 Å². The maximum absolute atomic E-state index is 15.3.